The lowest BCUT2D eigenvalue weighted by molar-refractivity contribution is -0.139. The maximum absolute atomic E-state index is 12.7. The topological polar surface area (TPSA) is 88.4 Å². The molecular weight excluding hydrogens is 460 g/mol. The number of methoxy groups -OCH3 is 1. The van der Waals surface area contributed by atoms with E-state index in [2.05, 4.69) is 20.9 Å². The summed E-state index contributed by atoms with van der Waals surface area (Å²) >= 11 is 4.62. The van der Waals surface area contributed by atoms with Crippen molar-refractivity contribution in [2.45, 2.75) is 0 Å². The molecule has 0 aliphatic carbocycles. The molecule has 1 fully saturated rings. The average Bonchev–Trinajstić information content (AvgIpc) is 2.95. The third-order valence-corrected chi connectivity index (χ3v) is 5.46. The fourth-order valence-electron chi connectivity index (χ4n) is 2.46. The molecule has 2 aromatic carbocycles. The number of aliphatic carboxylic acids is 1. The van der Waals surface area contributed by atoms with E-state index in [1.165, 1.54) is 16.7 Å². The van der Waals surface area contributed by atoms with Gasteiger partial charge in [0, 0.05) is 17.1 Å². The molecule has 0 bridgehead atoms. The molecule has 0 saturated carbocycles. The fourth-order valence-corrected chi connectivity index (χ4v) is 3.82. The molecule has 2 aromatic rings. The van der Waals surface area contributed by atoms with E-state index in [0.717, 1.165) is 10.2 Å². The van der Waals surface area contributed by atoms with E-state index in [1.54, 1.807) is 62.7 Å². The number of halogens is 1. The van der Waals surface area contributed by atoms with Gasteiger partial charge in [0.1, 0.15) is 11.5 Å². The number of likely N-dealkylation sites (N-methyl/N-ethyl adjacent to an activating group) is 1. The van der Waals surface area contributed by atoms with Gasteiger partial charge in [-0.3, -0.25) is 9.69 Å². The lowest BCUT2D eigenvalue weighted by atomic mass is 10.2. The van der Waals surface area contributed by atoms with Crippen LogP contribution in [-0.4, -0.2) is 47.8 Å². The van der Waals surface area contributed by atoms with Crippen LogP contribution in [0.3, 0.4) is 0 Å². The van der Waals surface area contributed by atoms with E-state index in [9.17, 15) is 9.59 Å². The number of hydrogen-bond donors (Lipinski definition) is 1. The molecule has 3 rings (SSSR count). The normalized spacial score (nSPS) is 16.5. The first-order valence-corrected chi connectivity index (χ1v) is 10.0. The highest BCUT2D eigenvalue weighted by molar-refractivity contribution is 9.10. The molecule has 0 atom stereocenters. The smallest absolute Gasteiger partial charge is 0.341 e. The van der Waals surface area contributed by atoms with Crippen LogP contribution in [0.15, 0.2) is 56.8 Å². The molecule has 1 aliphatic rings. The van der Waals surface area contributed by atoms with E-state index in [-0.39, 0.29) is 5.91 Å². The Morgan fingerprint density at radius 2 is 2.00 bits per heavy atom. The highest BCUT2D eigenvalue weighted by Crippen LogP contribution is 2.35. The number of amidine groups is 1. The minimum Gasteiger partial charge on any atom is -0.497 e. The van der Waals surface area contributed by atoms with Gasteiger partial charge in [-0.1, -0.05) is 15.9 Å². The predicted octanol–water partition coefficient (Wildman–Crippen LogP) is 4.15. The molecule has 1 saturated heterocycles. The zero-order chi connectivity index (χ0) is 21.0. The summed E-state index contributed by atoms with van der Waals surface area (Å²) in [6.45, 7) is -0.469. The summed E-state index contributed by atoms with van der Waals surface area (Å²) in [4.78, 5) is 29.9. The largest absolute Gasteiger partial charge is 0.497 e. The molecule has 9 heteroatoms. The Balaban J connectivity index is 1.88. The van der Waals surface area contributed by atoms with Gasteiger partial charge in [-0.05, 0) is 60.3 Å². The summed E-state index contributed by atoms with van der Waals surface area (Å²) in [6.07, 6.45) is 1.67. The van der Waals surface area contributed by atoms with Crippen molar-refractivity contribution in [3.05, 3.63) is 57.4 Å². The number of thioether (sulfide) groups is 1. The van der Waals surface area contributed by atoms with Gasteiger partial charge in [-0.2, -0.15) is 0 Å². The molecule has 1 amide bonds. The van der Waals surface area contributed by atoms with Crippen LogP contribution in [0.1, 0.15) is 5.56 Å². The Hall–Kier alpha value is -2.78. The highest BCUT2D eigenvalue weighted by Gasteiger charge is 2.30. The Morgan fingerprint density at radius 1 is 1.28 bits per heavy atom. The summed E-state index contributed by atoms with van der Waals surface area (Å²) in [5.41, 5.74) is 1.29. The van der Waals surface area contributed by atoms with E-state index in [4.69, 9.17) is 14.6 Å². The van der Waals surface area contributed by atoms with Crippen LogP contribution in [0.5, 0.6) is 11.5 Å². The van der Waals surface area contributed by atoms with Crippen LogP contribution in [0.25, 0.3) is 6.08 Å². The first-order chi connectivity index (χ1) is 13.9. The number of rotatable bonds is 6. The summed E-state index contributed by atoms with van der Waals surface area (Å²) in [5, 5.41) is 9.39. The Morgan fingerprint density at radius 3 is 2.66 bits per heavy atom. The molecule has 0 unspecified atom stereocenters. The van der Waals surface area contributed by atoms with Crippen LogP contribution < -0.4 is 9.47 Å². The molecule has 1 N–H and O–H groups in total. The van der Waals surface area contributed by atoms with Gasteiger partial charge in [-0.25, -0.2) is 9.79 Å². The number of nitrogens with zero attached hydrogens (tertiary/aromatic N) is 2. The quantitative estimate of drug-likeness (QED) is 0.629. The molecule has 0 aromatic heterocycles. The van der Waals surface area contributed by atoms with E-state index < -0.39 is 12.6 Å². The minimum absolute atomic E-state index is 0.202. The van der Waals surface area contributed by atoms with Gasteiger partial charge in [-0.15, -0.1) is 0 Å². The van der Waals surface area contributed by atoms with Gasteiger partial charge in [0.05, 0.1) is 17.7 Å². The van der Waals surface area contributed by atoms with Crippen LogP contribution >= 0.6 is 27.7 Å². The third-order valence-electron chi connectivity index (χ3n) is 3.91. The van der Waals surface area contributed by atoms with Crippen LogP contribution in [-0.2, 0) is 9.59 Å². The standard InChI is InChI=1S/C20H17BrN2O5S/c1-23-19(26)17(29-20(23)22-14-4-6-15(27-2)7-5-14)10-12-9-13(21)3-8-16(12)28-11-18(24)25/h3-10H,11H2,1-2H3,(H,24,25)/b17-10+,22-20?. The van der Waals surface area contributed by atoms with Crippen LogP contribution in [0, 0.1) is 0 Å². The van der Waals surface area contributed by atoms with Crippen molar-refractivity contribution in [3.8, 4) is 11.5 Å². The number of benzene rings is 2. The SMILES string of the molecule is COc1ccc(N=C2S/C(=C/c3cc(Br)ccc3OCC(=O)O)C(=O)N2C)cc1. The van der Waals surface area contributed by atoms with E-state index in [1.807, 2.05) is 0 Å². The molecule has 0 radical (unpaired) electrons. The lowest BCUT2D eigenvalue weighted by Gasteiger charge is -2.08. The number of carboxylic acid groups (broad SMARTS) is 1. The molecule has 29 heavy (non-hydrogen) atoms. The molecule has 1 aliphatic heterocycles. The van der Waals surface area contributed by atoms with E-state index >= 15 is 0 Å². The van der Waals surface area contributed by atoms with Crippen molar-refractivity contribution in [1.82, 2.24) is 4.90 Å². The van der Waals surface area contributed by atoms with Crippen molar-refractivity contribution in [2.75, 3.05) is 20.8 Å². The Labute approximate surface area is 180 Å². The summed E-state index contributed by atoms with van der Waals surface area (Å²) in [7, 11) is 3.24. The number of carbonyl (C=O) groups excluding carboxylic acids is 1. The maximum Gasteiger partial charge on any atom is 0.341 e. The fraction of sp³-hybridized carbons (Fsp3) is 0.150. The van der Waals surface area contributed by atoms with Crippen molar-refractivity contribution in [3.63, 3.8) is 0 Å². The van der Waals surface area contributed by atoms with Crippen molar-refractivity contribution >= 4 is 56.5 Å². The molecule has 150 valence electrons. The molecular formula is C20H17BrN2O5S. The Kier molecular flexibility index (Phi) is 6.60. The molecule has 0 spiro atoms. The zero-order valence-electron chi connectivity index (χ0n) is 15.6. The summed E-state index contributed by atoms with van der Waals surface area (Å²) < 4.78 is 11.2. The minimum atomic E-state index is -1.08. The van der Waals surface area contributed by atoms with Crippen molar-refractivity contribution in [1.29, 1.82) is 0 Å². The second kappa shape index (κ2) is 9.15. The van der Waals surface area contributed by atoms with Gasteiger partial charge in [0.2, 0.25) is 0 Å². The number of carboxylic acids is 1. The number of hydrogen-bond acceptors (Lipinski definition) is 6. The summed E-state index contributed by atoms with van der Waals surface area (Å²) in [6, 6.07) is 12.4. The second-order valence-electron chi connectivity index (χ2n) is 5.93. The van der Waals surface area contributed by atoms with E-state index in [0.29, 0.717) is 27.1 Å². The number of ether oxygens (including phenoxy) is 2. The number of carbonyl (C=O) groups is 2. The number of amides is 1. The Bertz CT molecular complexity index is 1000. The lowest BCUT2D eigenvalue weighted by Crippen LogP contribution is -2.23. The monoisotopic (exact) mass is 476 g/mol. The maximum atomic E-state index is 12.7. The first kappa shape index (κ1) is 20.9. The van der Waals surface area contributed by atoms with Gasteiger partial charge in [0.15, 0.2) is 11.8 Å². The highest BCUT2D eigenvalue weighted by atomic mass is 79.9. The average molecular weight is 477 g/mol. The molecule has 7 nitrogen and oxygen atoms in total. The predicted molar refractivity (Wildman–Crippen MR) is 116 cm³/mol. The summed E-state index contributed by atoms with van der Waals surface area (Å²) in [5.74, 6) is -0.181. The van der Waals surface area contributed by atoms with Crippen molar-refractivity contribution in [2.24, 2.45) is 4.99 Å². The van der Waals surface area contributed by atoms with Gasteiger partial charge >= 0.3 is 5.97 Å². The third kappa shape index (κ3) is 5.18. The van der Waals surface area contributed by atoms with Crippen molar-refractivity contribution < 1.29 is 24.2 Å². The second-order valence-corrected chi connectivity index (χ2v) is 7.86. The first-order valence-electron chi connectivity index (χ1n) is 8.42. The van der Waals surface area contributed by atoms with Crippen LogP contribution in [0.4, 0.5) is 5.69 Å². The van der Waals surface area contributed by atoms with Gasteiger partial charge in [0.25, 0.3) is 5.91 Å². The van der Waals surface area contributed by atoms with Gasteiger partial charge < -0.3 is 14.6 Å². The molecule has 1 heterocycles. The number of aliphatic imine (C=N–C) groups is 1. The zero-order valence-corrected chi connectivity index (χ0v) is 18.0. The van der Waals surface area contributed by atoms with Crippen LogP contribution in [0.2, 0.25) is 0 Å².